The average Bonchev–Trinajstić information content (AvgIpc) is 2.64. The van der Waals surface area contributed by atoms with Crippen molar-refractivity contribution in [2.45, 2.75) is 12.5 Å². The van der Waals surface area contributed by atoms with Crippen LogP contribution in [0.3, 0.4) is 0 Å². The van der Waals surface area contributed by atoms with Gasteiger partial charge in [-0.1, -0.05) is 6.08 Å². The Balaban J connectivity index is 2.48. The molecule has 2 nitrogen and oxygen atoms in total. The summed E-state index contributed by atoms with van der Waals surface area (Å²) < 4.78 is 4.87. The van der Waals surface area contributed by atoms with Gasteiger partial charge in [0.1, 0.15) is 12.0 Å². The van der Waals surface area contributed by atoms with Crippen molar-refractivity contribution in [1.29, 1.82) is 0 Å². The minimum Gasteiger partial charge on any atom is -0.368 e. The fraction of sp³-hybridized carbons (Fsp3) is 0.429. The van der Waals surface area contributed by atoms with Crippen molar-refractivity contribution in [2.75, 3.05) is 6.61 Å². The molecule has 1 atom stereocenters. The zero-order chi connectivity index (χ0) is 6.69. The highest BCUT2D eigenvalue weighted by molar-refractivity contribution is 5.55. The van der Waals surface area contributed by atoms with Crippen molar-refractivity contribution >= 4 is 5.94 Å². The molecule has 1 unspecified atom stereocenters. The lowest BCUT2D eigenvalue weighted by molar-refractivity contribution is 0.429. The van der Waals surface area contributed by atoms with Gasteiger partial charge in [0.05, 0.1) is 6.61 Å². The molecular weight excluding hydrogens is 116 g/mol. The zero-order valence-corrected chi connectivity index (χ0v) is 5.09. The lowest BCUT2D eigenvalue weighted by Crippen LogP contribution is -1.90. The molecule has 1 heterocycles. The Morgan fingerprint density at radius 3 is 3.00 bits per heavy atom. The van der Waals surface area contributed by atoms with Crippen molar-refractivity contribution in [3.05, 3.63) is 18.2 Å². The molecule has 0 bridgehead atoms. The van der Waals surface area contributed by atoms with Gasteiger partial charge >= 0.3 is 0 Å². The Bertz CT molecular complexity index is 162. The van der Waals surface area contributed by atoms with Crippen LogP contribution in [-0.4, -0.2) is 18.7 Å². The van der Waals surface area contributed by atoms with Crippen molar-refractivity contribution < 1.29 is 9.53 Å². The Morgan fingerprint density at radius 1 is 2.00 bits per heavy atom. The van der Waals surface area contributed by atoms with Gasteiger partial charge < -0.3 is 4.74 Å². The first-order valence-corrected chi connectivity index (χ1v) is 2.85. The van der Waals surface area contributed by atoms with E-state index in [4.69, 9.17) is 4.74 Å². The van der Waals surface area contributed by atoms with Crippen LogP contribution in [0.5, 0.6) is 0 Å². The van der Waals surface area contributed by atoms with Crippen LogP contribution in [0.15, 0.2) is 18.2 Å². The number of carbonyl (C=O) groups excluding carboxylic acids is 1. The van der Waals surface area contributed by atoms with E-state index < -0.39 is 0 Å². The monoisotopic (exact) mass is 124 g/mol. The third-order valence-electron chi connectivity index (χ3n) is 1.22. The van der Waals surface area contributed by atoms with E-state index in [1.165, 1.54) is 0 Å². The SMILES string of the molecule is C=CCC(=C=O)C1CO1. The lowest BCUT2D eigenvalue weighted by atomic mass is 10.1. The molecule has 0 aromatic carbocycles. The molecule has 1 fully saturated rings. The highest BCUT2D eigenvalue weighted by atomic mass is 16.6. The molecule has 0 aromatic rings. The number of allylic oxidation sites excluding steroid dienone is 1. The predicted octanol–water partition coefficient (Wildman–Crippen LogP) is 0.719. The third kappa shape index (κ3) is 1.53. The second-order valence-corrected chi connectivity index (χ2v) is 1.94. The Labute approximate surface area is 53.8 Å². The number of epoxide rings is 1. The number of hydrogen-bond donors (Lipinski definition) is 0. The maximum atomic E-state index is 10.1. The molecule has 0 aliphatic carbocycles. The second-order valence-electron chi connectivity index (χ2n) is 1.94. The number of ether oxygens (including phenoxy) is 1. The van der Waals surface area contributed by atoms with Gasteiger partial charge in [-0.15, -0.1) is 6.58 Å². The first-order valence-electron chi connectivity index (χ1n) is 2.85. The standard InChI is InChI=1S/C7H8O2/c1-2-3-6(4-8)7-5-9-7/h2,7H,1,3,5H2. The van der Waals surface area contributed by atoms with Crippen LogP contribution in [0, 0.1) is 0 Å². The summed E-state index contributed by atoms with van der Waals surface area (Å²) in [6.07, 6.45) is 2.34. The van der Waals surface area contributed by atoms with Crippen LogP contribution in [0.4, 0.5) is 0 Å². The molecule has 1 aliphatic heterocycles. The maximum Gasteiger partial charge on any atom is 0.126 e. The summed E-state index contributed by atoms with van der Waals surface area (Å²) in [4.78, 5) is 10.1. The number of hydrogen-bond acceptors (Lipinski definition) is 2. The van der Waals surface area contributed by atoms with E-state index in [1.54, 1.807) is 6.08 Å². The fourth-order valence-electron chi connectivity index (χ4n) is 0.644. The van der Waals surface area contributed by atoms with Crippen molar-refractivity contribution in [3.8, 4) is 0 Å². The maximum absolute atomic E-state index is 10.1. The summed E-state index contributed by atoms with van der Waals surface area (Å²) >= 11 is 0. The van der Waals surface area contributed by atoms with E-state index >= 15 is 0 Å². The summed E-state index contributed by atoms with van der Waals surface area (Å²) in [6.45, 7) is 4.18. The summed E-state index contributed by atoms with van der Waals surface area (Å²) in [7, 11) is 0. The van der Waals surface area contributed by atoms with Gasteiger partial charge in [-0.3, -0.25) is 0 Å². The van der Waals surface area contributed by atoms with Gasteiger partial charge in [-0.2, -0.15) is 0 Å². The first kappa shape index (κ1) is 6.27. The average molecular weight is 124 g/mol. The van der Waals surface area contributed by atoms with Gasteiger partial charge in [0.25, 0.3) is 0 Å². The van der Waals surface area contributed by atoms with Gasteiger partial charge in [-0.25, -0.2) is 4.79 Å². The van der Waals surface area contributed by atoms with E-state index in [2.05, 4.69) is 6.58 Å². The lowest BCUT2D eigenvalue weighted by Gasteiger charge is -1.88. The van der Waals surface area contributed by atoms with Crippen molar-refractivity contribution in [2.24, 2.45) is 0 Å². The summed E-state index contributed by atoms with van der Waals surface area (Å²) in [5.74, 6) is 1.84. The quantitative estimate of drug-likeness (QED) is 0.315. The van der Waals surface area contributed by atoms with Crippen molar-refractivity contribution in [1.82, 2.24) is 0 Å². The van der Waals surface area contributed by atoms with Gasteiger partial charge in [0.2, 0.25) is 0 Å². The third-order valence-corrected chi connectivity index (χ3v) is 1.22. The van der Waals surface area contributed by atoms with E-state index in [1.807, 2.05) is 5.94 Å². The van der Waals surface area contributed by atoms with Crippen LogP contribution < -0.4 is 0 Å². The molecule has 2 heteroatoms. The van der Waals surface area contributed by atoms with Gasteiger partial charge in [0.15, 0.2) is 0 Å². The molecule has 1 aliphatic rings. The highest BCUT2D eigenvalue weighted by Crippen LogP contribution is 2.19. The van der Waals surface area contributed by atoms with Crippen molar-refractivity contribution in [3.63, 3.8) is 0 Å². The van der Waals surface area contributed by atoms with E-state index in [0.717, 1.165) is 0 Å². The minimum absolute atomic E-state index is 0.0560. The van der Waals surface area contributed by atoms with Crippen LogP contribution >= 0.6 is 0 Å². The summed E-state index contributed by atoms with van der Waals surface area (Å²) in [5.41, 5.74) is 0.685. The molecule has 0 saturated carbocycles. The Morgan fingerprint density at radius 2 is 2.67 bits per heavy atom. The molecule has 0 N–H and O–H groups in total. The zero-order valence-electron chi connectivity index (χ0n) is 5.09. The van der Waals surface area contributed by atoms with Gasteiger partial charge in [-0.05, 0) is 6.42 Å². The Hall–Kier alpha value is -0.850. The molecular formula is C7H8O2. The molecule has 9 heavy (non-hydrogen) atoms. The first-order chi connectivity index (χ1) is 4.38. The minimum atomic E-state index is 0.0560. The Kier molecular flexibility index (Phi) is 1.83. The molecule has 0 spiro atoms. The van der Waals surface area contributed by atoms with E-state index in [-0.39, 0.29) is 6.10 Å². The second kappa shape index (κ2) is 2.62. The number of rotatable bonds is 3. The van der Waals surface area contributed by atoms with Gasteiger partial charge in [0, 0.05) is 5.57 Å². The predicted molar refractivity (Wildman–Crippen MR) is 33.8 cm³/mol. The summed E-state index contributed by atoms with van der Waals surface area (Å²) in [5, 5.41) is 0. The van der Waals surface area contributed by atoms with E-state index in [9.17, 15) is 4.79 Å². The largest absolute Gasteiger partial charge is 0.368 e. The topological polar surface area (TPSA) is 29.6 Å². The summed E-state index contributed by atoms with van der Waals surface area (Å²) in [6, 6.07) is 0. The van der Waals surface area contributed by atoms with Crippen LogP contribution in [-0.2, 0) is 9.53 Å². The van der Waals surface area contributed by atoms with Crippen LogP contribution in [0.25, 0.3) is 0 Å². The van der Waals surface area contributed by atoms with Crippen LogP contribution in [0.2, 0.25) is 0 Å². The smallest absolute Gasteiger partial charge is 0.126 e. The molecule has 0 radical (unpaired) electrons. The molecule has 0 amide bonds. The van der Waals surface area contributed by atoms with Crippen LogP contribution in [0.1, 0.15) is 6.42 Å². The molecule has 48 valence electrons. The fourth-order valence-corrected chi connectivity index (χ4v) is 0.644. The molecule has 1 rings (SSSR count). The van der Waals surface area contributed by atoms with E-state index in [0.29, 0.717) is 18.6 Å². The highest BCUT2D eigenvalue weighted by Gasteiger charge is 2.27. The molecule has 1 saturated heterocycles. The molecule has 0 aromatic heterocycles. The normalized spacial score (nSPS) is 22.4.